The molecule has 1 heterocycles. The van der Waals surface area contributed by atoms with Crippen LogP contribution in [0.1, 0.15) is 19.4 Å². The standard InChI is InChI=1S/C19H20INO8S/c1-5-28-13-7-11(6-12(20)16(13)29-9-15(22)26-3)8-14-17(23)21(19(25)30-14)10(2)18(24)27-4/h6-8,10H,5,9H2,1-4H3/b14-8+/t10-/m0/s1. The number of amides is 2. The summed E-state index contributed by atoms with van der Waals surface area (Å²) in [6.45, 7) is 3.29. The molecule has 1 aliphatic heterocycles. The van der Waals surface area contributed by atoms with Gasteiger partial charge >= 0.3 is 11.9 Å². The Morgan fingerprint density at radius 1 is 1.20 bits per heavy atom. The van der Waals surface area contributed by atoms with E-state index in [2.05, 4.69) is 9.47 Å². The van der Waals surface area contributed by atoms with Crippen molar-refractivity contribution in [2.24, 2.45) is 0 Å². The van der Waals surface area contributed by atoms with Crippen LogP contribution in [-0.2, 0) is 23.9 Å². The van der Waals surface area contributed by atoms with E-state index in [0.717, 1.165) is 16.7 Å². The van der Waals surface area contributed by atoms with E-state index in [1.807, 2.05) is 22.6 Å². The number of benzene rings is 1. The highest BCUT2D eigenvalue weighted by atomic mass is 127. The molecule has 0 aliphatic carbocycles. The summed E-state index contributed by atoms with van der Waals surface area (Å²) in [5, 5.41) is -0.554. The minimum atomic E-state index is -1.03. The predicted molar refractivity (Wildman–Crippen MR) is 117 cm³/mol. The maximum absolute atomic E-state index is 12.7. The lowest BCUT2D eigenvalue weighted by Crippen LogP contribution is -2.42. The highest BCUT2D eigenvalue weighted by Crippen LogP contribution is 2.38. The van der Waals surface area contributed by atoms with Crippen molar-refractivity contribution in [3.05, 3.63) is 26.2 Å². The predicted octanol–water partition coefficient (Wildman–Crippen LogP) is 2.84. The van der Waals surface area contributed by atoms with Crippen molar-refractivity contribution in [2.75, 3.05) is 27.4 Å². The summed E-state index contributed by atoms with van der Waals surface area (Å²) in [6.07, 6.45) is 1.53. The van der Waals surface area contributed by atoms with Crippen LogP contribution in [-0.4, -0.2) is 61.5 Å². The molecule has 30 heavy (non-hydrogen) atoms. The minimum Gasteiger partial charge on any atom is -0.490 e. The van der Waals surface area contributed by atoms with Crippen LogP contribution in [0.4, 0.5) is 4.79 Å². The van der Waals surface area contributed by atoms with Crippen molar-refractivity contribution in [2.45, 2.75) is 19.9 Å². The van der Waals surface area contributed by atoms with Gasteiger partial charge in [-0.2, -0.15) is 0 Å². The maximum Gasteiger partial charge on any atom is 0.343 e. The Hall–Kier alpha value is -2.28. The number of thioether (sulfide) groups is 1. The van der Waals surface area contributed by atoms with Crippen LogP contribution in [0, 0.1) is 3.57 Å². The number of esters is 2. The van der Waals surface area contributed by atoms with Crippen molar-refractivity contribution in [3.63, 3.8) is 0 Å². The fraction of sp³-hybridized carbons (Fsp3) is 0.368. The van der Waals surface area contributed by atoms with E-state index in [9.17, 15) is 19.2 Å². The number of carbonyl (C=O) groups excluding carboxylic acids is 4. The van der Waals surface area contributed by atoms with E-state index in [-0.39, 0.29) is 11.5 Å². The molecule has 0 spiro atoms. The number of imide groups is 1. The Morgan fingerprint density at radius 2 is 1.90 bits per heavy atom. The smallest absolute Gasteiger partial charge is 0.343 e. The third-order valence-corrected chi connectivity index (χ3v) is 5.63. The first-order chi connectivity index (χ1) is 14.2. The Morgan fingerprint density at radius 3 is 2.50 bits per heavy atom. The van der Waals surface area contributed by atoms with Crippen LogP contribution in [0.2, 0.25) is 0 Å². The van der Waals surface area contributed by atoms with Crippen molar-refractivity contribution in [3.8, 4) is 11.5 Å². The fourth-order valence-corrected chi connectivity index (χ4v) is 4.19. The van der Waals surface area contributed by atoms with Crippen LogP contribution < -0.4 is 9.47 Å². The molecule has 1 saturated heterocycles. The Bertz CT molecular complexity index is 901. The lowest BCUT2D eigenvalue weighted by molar-refractivity contribution is -0.148. The summed E-state index contributed by atoms with van der Waals surface area (Å²) in [5.41, 5.74) is 0.587. The molecule has 1 atom stereocenters. The van der Waals surface area contributed by atoms with Crippen LogP contribution in [0.3, 0.4) is 0 Å². The molecule has 1 aromatic rings. The van der Waals surface area contributed by atoms with Gasteiger partial charge in [0, 0.05) is 0 Å². The number of nitrogens with zero attached hydrogens (tertiary/aromatic N) is 1. The summed E-state index contributed by atoms with van der Waals surface area (Å²) in [5.74, 6) is -1.06. The summed E-state index contributed by atoms with van der Waals surface area (Å²) >= 11 is 2.75. The van der Waals surface area contributed by atoms with Gasteiger partial charge in [0.25, 0.3) is 11.1 Å². The number of carbonyl (C=O) groups is 4. The topological polar surface area (TPSA) is 108 Å². The number of halogens is 1. The average Bonchev–Trinajstić information content (AvgIpc) is 2.99. The zero-order valence-electron chi connectivity index (χ0n) is 16.7. The molecule has 0 bridgehead atoms. The number of methoxy groups -OCH3 is 2. The van der Waals surface area contributed by atoms with Crippen LogP contribution in [0.25, 0.3) is 6.08 Å². The van der Waals surface area contributed by atoms with E-state index in [1.54, 1.807) is 19.1 Å². The number of hydrogen-bond acceptors (Lipinski definition) is 9. The highest BCUT2D eigenvalue weighted by Gasteiger charge is 2.41. The normalized spacial score (nSPS) is 15.9. The van der Waals surface area contributed by atoms with Gasteiger partial charge in [-0.25, -0.2) is 9.59 Å². The van der Waals surface area contributed by atoms with Gasteiger partial charge in [-0.3, -0.25) is 14.5 Å². The third kappa shape index (κ3) is 5.45. The Balaban J connectivity index is 2.34. The minimum absolute atomic E-state index is 0.164. The molecular formula is C19H20INO8S. The van der Waals surface area contributed by atoms with E-state index >= 15 is 0 Å². The molecule has 1 aliphatic rings. The monoisotopic (exact) mass is 549 g/mol. The van der Waals surface area contributed by atoms with E-state index in [4.69, 9.17) is 9.47 Å². The molecule has 2 rings (SSSR count). The highest BCUT2D eigenvalue weighted by molar-refractivity contribution is 14.1. The van der Waals surface area contributed by atoms with Crippen molar-refractivity contribution < 1.29 is 38.1 Å². The molecule has 0 saturated carbocycles. The van der Waals surface area contributed by atoms with Gasteiger partial charge in [0.15, 0.2) is 18.1 Å². The van der Waals surface area contributed by atoms with Crippen LogP contribution >= 0.6 is 34.4 Å². The summed E-state index contributed by atoms with van der Waals surface area (Å²) < 4.78 is 20.9. The second kappa shape index (κ2) is 10.7. The molecule has 9 nitrogen and oxygen atoms in total. The Kier molecular flexibility index (Phi) is 8.53. The first-order valence-corrected chi connectivity index (χ1v) is 10.6. The molecule has 0 unspecified atom stereocenters. The summed E-state index contributed by atoms with van der Waals surface area (Å²) in [6, 6.07) is 2.32. The SMILES string of the molecule is CCOc1cc(/C=C2/SC(=O)N([C@@H](C)C(=O)OC)C2=O)cc(I)c1OCC(=O)OC. The quantitative estimate of drug-likeness (QED) is 0.275. The van der Waals surface area contributed by atoms with Crippen molar-refractivity contribution in [1.29, 1.82) is 0 Å². The molecule has 0 aromatic heterocycles. The van der Waals surface area contributed by atoms with Crippen molar-refractivity contribution >= 4 is 63.5 Å². The van der Waals surface area contributed by atoms with Gasteiger partial charge in [0.2, 0.25) is 0 Å². The largest absolute Gasteiger partial charge is 0.490 e. The van der Waals surface area contributed by atoms with Gasteiger partial charge in [0.05, 0.1) is 29.3 Å². The zero-order chi connectivity index (χ0) is 22.4. The van der Waals surface area contributed by atoms with E-state index in [1.165, 1.54) is 27.2 Å². The zero-order valence-corrected chi connectivity index (χ0v) is 19.7. The lowest BCUT2D eigenvalue weighted by atomic mass is 10.1. The number of rotatable bonds is 8. The van der Waals surface area contributed by atoms with Gasteiger partial charge in [-0.1, -0.05) is 0 Å². The van der Waals surface area contributed by atoms with Crippen LogP contribution in [0.5, 0.6) is 11.5 Å². The molecule has 1 aromatic carbocycles. The van der Waals surface area contributed by atoms with E-state index in [0.29, 0.717) is 27.2 Å². The second-order valence-corrected chi connectivity index (χ2v) is 8.03. The van der Waals surface area contributed by atoms with Gasteiger partial charge in [-0.15, -0.1) is 0 Å². The van der Waals surface area contributed by atoms with Gasteiger partial charge < -0.3 is 18.9 Å². The number of hydrogen-bond donors (Lipinski definition) is 0. The first kappa shape index (κ1) is 24.0. The third-order valence-electron chi connectivity index (χ3n) is 3.94. The second-order valence-electron chi connectivity index (χ2n) is 5.88. The fourth-order valence-electron chi connectivity index (χ4n) is 2.51. The maximum atomic E-state index is 12.7. The molecule has 0 radical (unpaired) electrons. The molecule has 0 N–H and O–H groups in total. The van der Waals surface area contributed by atoms with E-state index < -0.39 is 29.1 Å². The average molecular weight is 549 g/mol. The molecule has 2 amide bonds. The number of ether oxygens (including phenoxy) is 4. The molecule has 11 heteroatoms. The molecule has 162 valence electrons. The summed E-state index contributed by atoms with van der Waals surface area (Å²) in [4.78, 5) is 49.0. The van der Waals surface area contributed by atoms with Crippen molar-refractivity contribution in [1.82, 2.24) is 4.90 Å². The van der Waals surface area contributed by atoms with Gasteiger partial charge in [-0.05, 0) is 72.0 Å². The Labute approximate surface area is 191 Å². The van der Waals surface area contributed by atoms with Gasteiger partial charge in [0.1, 0.15) is 6.04 Å². The lowest BCUT2D eigenvalue weighted by Gasteiger charge is -2.18. The first-order valence-electron chi connectivity index (χ1n) is 8.74. The molecular weight excluding hydrogens is 529 g/mol. The summed E-state index contributed by atoms with van der Waals surface area (Å²) in [7, 11) is 2.45. The van der Waals surface area contributed by atoms with Crippen LogP contribution in [0.15, 0.2) is 17.0 Å². The molecule has 1 fully saturated rings.